The van der Waals surface area contributed by atoms with Crippen molar-refractivity contribution in [3.8, 4) is 0 Å². The first-order valence-electron chi connectivity index (χ1n) is 5.62. The number of benzene rings is 1. The number of amides is 1. The molecule has 1 fully saturated rings. The molecule has 1 aliphatic rings. The normalized spacial score (nSPS) is 25.5. The van der Waals surface area contributed by atoms with Crippen molar-refractivity contribution in [3.63, 3.8) is 0 Å². The zero-order valence-electron chi connectivity index (χ0n) is 9.72. The lowest BCUT2D eigenvalue weighted by Crippen LogP contribution is -2.45. The third-order valence-electron chi connectivity index (χ3n) is 2.88. The summed E-state index contributed by atoms with van der Waals surface area (Å²) in [6, 6.07) is 10.1. The number of carbonyl (C=O) groups is 1. The predicted molar refractivity (Wildman–Crippen MR) is 62.0 cm³/mol. The Labute approximate surface area is 96.0 Å². The highest BCUT2D eigenvalue weighted by Crippen LogP contribution is 2.24. The van der Waals surface area contributed by atoms with Gasteiger partial charge in [0.25, 0.3) is 0 Å². The molecule has 0 radical (unpaired) electrons. The molecule has 0 spiro atoms. The summed E-state index contributed by atoms with van der Waals surface area (Å²) < 4.78 is 5.86. The lowest BCUT2D eigenvalue weighted by molar-refractivity contribution is -0.142. The zero-order valence-corrected chi connectivity index (χ0v) is 9.72. The first-order chi connectivity index (χ1) is 7.66. The van der Waals surface area contributed by atoms with E-state index in [1.54, 1.807) is 6.92 Å². The molecule has 1 heterocycles. The van der Waals surface area contributed by atoms with Crippen molar-refractivity contribution < 1.29 is 9.53 Å². The number of hydrogen-bond donors (Lipinski definition) is 0. The van der Waals surface area contributed by atoms with E-state index < -0.39 is 0 Å². The van der Waals surface area contributed by atoms with Crippen molar-refractivity contribution in [1.29, 1.82) is 0 Å². The molecule has 1 aromatic rings. The van der Waals surface area contributed by atoms with E-state index in [-0.39, 0.29) is 18.1 Å². The van der Waals surface area contributed by atoms with Gasteiger partial charge in [-0.2, -0.15) is 0 Å². The van der Waals surface area contributed by atoms with Gasteiger partial charge in [0.1, 0.15) is 6.10 Å². The number of carbonyl (C=O) groups excluding carboxylic acids is 1. The highest BCUT2D eigenvalue weighted by molar-refractivity contribution is 5.73. The van der Waals surface area contributed by atoms with Gasteiger partial charge in [-0.1, -0.05) is 30.3 Å². The van der Waals surface area contributed by atoms with Gasteiger partial charge < -0.3 is 9.64 Å². The van der Waals surface area contributed by atoms with Crippen molar-refractivity contribution in [3.05, 3.63) is 35.9 Å². The smallest absolute Gasteiger partial charge is 0.219 e. The van der Waals surface area contributed by atoms with Gasteiger partial charge in [-0.15, -0.1) is 0 Å². The SMILES string of the molecule is CC(=O)N1C[C@@H](C)O[C@@H](c2ccccc2)C1. The van der Waals surface area contributed by atoms with Crippen LogP contribution in [0.3, 0.4) is 0 Å². The van der Waals surface area contributed by atoms with Gasteiger partial charge in [0.15, 0.2) is 0 Å². The Hall–Kier alpha value is -1.35. The molecule has 0 saturated carbocycles. The number of morpholine rings is 1. The molecular weight excluding hydrogens is 202 g/mol. The zero-order chi connectivity index (χ0) is 11.5. The van der Waals surface area contributed by atoms with Crippen molar-refractivity contribution >= 4 is 5.91 Å². The molecule has 0 N–H and O–H groups in total. The van der Waals surface area contributed by atoms with Crippen molar-refractivity contribution in [2.45, 2.75) is 26.1 Å². The van der Waals surface area contributed by atoms with Crippen LogP contribution < -0.4 is 0 Å². The Morgan fingerprint density at radius 3 is 2.62 bits per heavy atom. The monoisotopic (exact) mass is 219 g/mol. The van der Waals surface area contributed by atoms with Crippen LogP contribution >= 0.6 is 0 Å². The van der Waals surface area contributed by atoms with Crippen molar-refractivity contribution in [2.24, 2.45) is 0 Å². The second-order valence-electron chi connectivity index (χ2n) is 4.27. The summed E-state index contributed by atoms with van der Waals surface area (Å²) in [6.45, 7) is 4.97. The highest BCUT2D eigenvalue weighted by Gasteiger charge is 2.27. The van der Waals surface area contributed by atoms with Gasteiger partial charge in [0, 0.05) is 13.5 Å². The molecule has 86 valence electrons. The largest absolute Gasteiger partial charge is 0.367 e. The molecule has 0 bridgehead atoms. The van der Waals surface area contributed by atoms with E-state index >= 15 is 0 Å². The van der Waals surface area contributed by atoms with E-state index in [0.717, 1.165) is 5.56 Å². The summed E-state index contributed by atoms with van der Waals surface area (Å²) in [7, 11) is 0. The second kappa shape index (κ2) is 4.66. The van der Waals surface area contributed by atoms with Crippen LogP contribution in [0.25, 0.3) is 0 Å². The first-order valence-corrected chi connectivity index (χ1v) is 5.62. The van der Waals surface area contributed by atoms with Gasteiger partial charge in [-0.05, 0) is 12.5 Å². The van der Waals surface area contributed by atoms with E-state index in [0.29, 0.717) is 13.1 Å². The summed E-state index contributed by atoms with van der Waals surface area (Å²) in [6.07, 6.45) is 0.108. The summed E-state index contributed by atoms with van der Waals surface area (Å²) in [5.74, 6) is 0.121. The molecule has 0 aromatic heterocycles. The Balaban J connectivity index is 2.14. The lowest BCUT2D eigenvalue weighted by atomic mass is 10.1. The van der Waals surface area contributed by atoms with E-state index in [1.807, 2.05) is 42.2 Å². The molecule has 1 amide bonds. The molecule has 1 aliphatic heterocycles. The average Bonchev–Trinajstić information content (AvgIpc) is 2.29. The van der Waals surface area contributed by atoms with Crippen LogP contribution in [0.4, 0.5) is 0 Å². The average molecular weight is 219 g/mol. The Morgan fingerprint density at radius 1 is 1.31 bits per heavy atom. The molecule has 3 nitrogen and oxygen atoms in total. The molecule has 0 unspecified atom stereocenters. The lowest BCUT2D eigenvalue weighted by Gasteiger charge is -2.36. The minimum Gasteiger partial charge on any atom is -0.367 e. The maximum absolute atomic E-state index is 11.4. The van der Waals surface area contributed by atoms with Crippen LogP contribution in [-0.2, 0) is 9.53 Å². The van der Waals surface area contributed by atoms with Crippen LogP contribution in [0.1, 0.15) is 25.5 Å². The number of ether oxygens (including phenoxy) is 1. The molecular formula is C13H17NO2. The fraction of sp³-hybridized carbons (Fsp3) is 0.462. The quantitative estimate of drug-likeness (QED) is 0.723. The van der Waals surface area contributed by atoms with Crippen LogP contribution in [0.5, 0.6) is 0 Å². The molecule has 1 aromatic carbocycles. The highest BCUT2D eigenvalue weighted by atomic mass is 16.5. The van der Waals surface area contributed by atoms with Crippen LogP contribution in [0, 0.1) is 0 Å². The third kappa shape index (κ3) is 2.42. The van der Waals surface area contributed by atoms with Crippen LogP contribution in [0.2, 0.25) is 0 Å². The maximum atomic E-state index is 11.4. The number of rotatable bonds is 1. The molecule has 2 rings (SSSR count). The van der Waals surface area contributed by atoms with E-state index in [9.17, 15) is 4.79 Å². The molecule has 16 heavy (non-hydrogen) atoms. The standard InChI is InChI=1S/C13H17NO2/c1-10-8-14(11(2)15)9-13(16-10)12-6-4-3-5-7-12/h3-7,10,13H,8-9H2,1-2H3/t10-,13-/m1/s1. The number of nitrogens with zero attached hydrogens (tertiary/aromatic N) is 1. The first kappa shape index (κ1) is 11.1. The summed E-state index contributed by atoms with van der Waals surface area (Å²) in [5.41, 5.74) is 1.14. The fourth-order valence-corrected chi connectivity index (χ4v) is 2.06. The summed E-state index contributed by atoms with van der Waals surface area (Å²) in [4.78, 5) is 13.2. The van der Waals surface area contributed by atoms with Crippen molar-refractivity contribution in [1.82, 2.24) is 4.90 Å². The topological polar surface area (TPSA) is 29.5 Å². The van der Waals surface area contributed by atoms with Gasteiger partial charge >= 0.3 is 0 Å². The molecule has 2 atom stereocenters. The summed E-state index contributed by atoms with van der Waals surface area (Å²) >= 11 is 0. The second-order valence-corrected chi connectivity index (χ2v) is 4.27. The Kier molecular flexibility index (Phi) is 3.25. The minimum atomic E-state index is 0.00819. The predicted octanol–water partition coefficient (Wildman–Crippen LogP) is 1.99. The Morgan fingerprint density at radius 2 is 2.00 bits per heavy atom. The molecule has 0 aliphatic carbocycles. The summed E-state index contributed by atoms with van der Waals surface area (Å²) in [5, 5.41) is 0. The van der Waals surface area contributed by atoms with E-state index in [2.05, 4.69) is 0 Å². The Bertz CT molecular complexity index is 363. The third-order valence-corrected chi connectivity index (χ3v) is 2.88. The van der Waals surface area contributed by atoms with Crippen molar-refractivity contribution in [2.75, 3.05) is 13.1 Å². The van der Waals surface area contributed by atoms with Crippen LogP contribution in [-0.4, -0.2) is 30.0 Å². The van der Waals surface area contributed by atoms with E-state index in [4.69, 9.17) is 4.74 Å². The van der Waals surface area contributed by atoms with Gasteiger partial charge in [0.05, 0.1) is 12.6 Å². The minimum absolute atomic E-state index is 0.00819. The van der Waals surface area contributed by atoms with Gasteiger partial charge in [-0.3, -0.25) is 4.79 Å². The van der Waals surface area contributed by atoms with Gasteiger partial charge in [-0.25, -0.2) is 0 Å². The number of hydrogen-bond acceptors (Lipinski definition) is 2. The molecule has 3 heteroatoms. The van der Waals surface area contributed by atoms with Gasteiger partial charge in [0.2, 0.25) is 5.91 Å². The van der Waals surface area contributed by atoms with Crippen LogP contribution in [0.15, 0.2) is 30.3 Å². The maximum Gasteiger partial charge on any atom is 0.219 e. The molecule has 1 saturated heterocycles. The van der Waals surface area contributed by atoms with E-state index in [1.165, 1.54) is 0 Å². The fourth-order valence-electron chi connectivity index (χ4n) is 2.06.